The molecule has 7 heteroatoms. The first kappa shape index (κ1) is 24.4. The number of benzene rings is 1. The van der Waals surface area contributed by atoms with Crippen molar-refractivity contribution in [2.45, 2.75) is 44.9 Å². The Labute approximate surface area is 193 Å². The van der Waals surface area contributed by atoms with Gasteiger partial charge in [0.15, 0.2) is 5.96 Å². The molecule has 0 saturated carbocycles. The molecule has 6 nitrogen and oxygen atoms in total. The maximum atomic E-state index is 6.01. The highest BCUT2D eigenvalue weighted by Crippen LogP contribution is 2.22. The summed E-state index contributed by atoms with van der Waals surface area (Å²) in [6.07, 6.45) is 2.61. The number of rotatable bonds is 6. The van der Waals surface area contributed by atoms with Gasteiger partial charge in [0.05, 0.1) is 25.3 Å². The first-order valence-electron chi connectivity index (χ1n) is 10.6. The van der Waals surface area contributed by atoms with Gasteiger partial charge in [-0.2, -0.15) is 0 Å². The van der Waals surface area contributed by atoms with Gasteiger partial charge in [-0.25, -0.2) is 0 Å². The number of nitrogens with zero attached hydrogens (tertiary/aromatic N) is 3. The Kier molecular flexibility index (Phi) is 10.1. The molecule has 1 N–H and O–H groups in total. The third-order valence-corrected chi connectivity index (χ3v) is 5.61. The smallest absolute Gasteiger partial charge is 0.194 e. The van der Waals surface area contributed by atoms with Gasteiger partial charge in [0.25, 0.3) is 0 Å². The lowest BCUT2D eigenvalue weighted by molar-refractivity contribution is -0.0817. The van der Waals surface area contributed by atoms with Crippen molar-refractivity contribution in [3.63, 3.8) is 0 Å². The minimum atomic E-state index is 0. The molecule has 2 aliphatic rings. The molecule has 2 aliphatic heterocycles. The Balaban J connectivity index is 0.00000300. The van der Waals surface area contributed by atoms with Crippen LogP contribution in [0.2, 0.25) is 0 Å². The zero-order chi connectivity index (χ0) is 19.9. The molecule has 2 heterocycles. The number of nitrogens with one attached hydrogen (secondary N) is 1. The normalized spacial score (nSPS) is 23.8. The zero-order valence-electron chi connectivity index (χ0n) is 18.3. The predicted molar refractivity (Wildman–Crippen MR) is 129 cm³/mol. The standard InChI is InChI=1S/C22H36N4O2.HI/c1-5-23-22(26-12-14-28-21(16-26)20-7-6-13-27-20)24-15-19(25(3)4)18-10-8-17(2)9-11-18;/h8-11,19-21H,5-7,12-16H2,1-4H3,(H,23,24);1H. The first-order chi connectivity index (χ1) is 13.6. The SMILES string of the molecule is CCNC(=NCC(c1ccc(C)cc1)N(C)C)N1CCOC(C2CCCO2)C1.I. The van der Waals surface area contributed by atoms with E-state index in [-0.39, 0.29) is 42.2 Å². The molecule has 0 aromatic heterocycles. The number of aliphatic imine (C=N–C) groups is 1. The van der Waals surface area contributed by atoms with Crippen LogP contribution in [0, 0.1) is 6.92 Å². The van der Waals surface area contributed by atoms with Gasteiger partial charge < -0.3 is 24.6 Å². The molecular weight excluding hydrogens is 479 g/mol. The van der Waals surface area contributed by atoms with Gasteiger partial charge in [0.1, 0.15) is 6.10 Å². The summed E-state index contributed by atoms with van der Waals surface area (Å²) in [5, 5.41) is 3.48. The zero-order valence-corrected chi connectivity index (χ0v) is 20.6. The van der Waals surface area contributed by atoms with Gasteiger partial charge in [0.2, 0.25) is 0 Å². The van der Waals surface area contributed by atoms with Crippen LogP contribution in [0.5, 0.6) is 0 Å². The summed E-state index contributed by atoms with van der Waals surface area (Å²) in [6.45, 7) is 9.12. The molecule has 0 aliphatic carbocycles. The highest BCUT2D eigenvalue weighted by molar-refractivity contribution is 14.0. The van der Waals surface area contributed by atoms with Gasteiger partial charge >= 0.3 is 0 Å². The Morgan fingerprint density at radius 2 is 1.93 bits per heavy atom. The van der Waals surface area contributed by atoms with Crippen molar-refractivity contribution in [2.75, 3.05) is 53.5 Å². The second-order valence-corrected chi connectivity index (χ2v) is 7.99. The van der Waals surface area contributed by atoms with E-state index >= 15 is 0 Å². The Morgan fingerprint density at radius 3 is 2.55 bits per heavy atom. The van der Waals surface area contributed by atoms with Crippen LogP contribution >= 0.6 is 24.0 Å². The molecule has 0 radical (unpaired) electrons. The quantitative estimate of drug-likeness (QED) is 0.358. The van der Waals surface area contributed by atoms with Crippen LogP contribution in [0.3, 0.4) is 0 Å². The van der Waals surface area contributed by atoms with Gasteiger partial charge in [-0.05, 0) is 46.3 Å². The second kappa shape index (κ2) is 12.1. The summed E-state index contributed by atoms with van der Waals surface area (Å²) < 4.78 is 11.9. The molecule has 3 unspecified atom stereocenters. The van der Waals surface area contributed by atoms with E-state index in [0.717, 1.165) is 58.2 Å². The lowest BCUT2D eigenvalue weighted by atomic mass is 10.0. The molecule has 2 fully saturated rings. The van der Waals surface area contributed by atoms with Gasteiger partial charge in [-0.15, -0.1) is 24.0 Å². The number of aryl methyl sites for hydroxylation is 1. The second-order valence-electron chi connectivity index (χ2n) is 7.99. The molecular formula is C22H37IN4O2. The molecule has 164 valence electrons. The number of ether oxygens (including phenoxy) is 2. The molecule has 0 bridgehead atoms. The maximum absolute atomic E-state index is 6.01. The van der Waals surface area contributed by atoms with Crippen LogP contribution < -0.4 is 5.32 Å². The van der Waals surface area contributed by atoms with Gasteiger partial charge in [-0.3, -0.25) is 4.99 Å². The minimum absolute atomic E-state index is 0. The van der Waals surface area contributed by atoms with E-state index in [1.807, 2.05) is 0 Å². The van der Waals surface area contributed by atoms with E-state index in [2.05, 4.69) is 67.3 Å². The Morgan fingerprint density at radius 1 is 1.21 bits per heavy atom. The van der Waals surface area contributed by atoms with Gasteiger partial charge in [0, 0.05) is 26.2 Å². The maximum Gasteiger partial charge on any atom is 0.194 e. The summed E-state index contributed by atoms with van der Waals surface area (Å²) >= 11 is 0. The van der Waals surface area contributed by atoms with E-state index in [1.54, 1.807) is 0 Å². The molecule has 2 saturated heterocycles. The number of hydrogen-bond donors (Lipinski definition) is 1. The largest absolute Gasteiger partial charge is 0.375 e. The summed E-state index contributed by atoms with van der Waals surface area (Å²) in [4.78, 5) is 9.59. The topological polar surface area (TPSA) is 49.3 Å². The fraction of sp³-hybridized carbons (Fsp3) is 0.682. The van der Waals surface area contributed by atoms with E-state index in [1.165, 1.54) is 11.1 Å². The summed E-state index contributed by atoms with van der Waals surface area (Å²) in [6, 6.07) is 9.03. The highest BCUT2D eigenvalue weighted by Gasteiger charge is 2.32. The average molecular weight is 516 g/mol. The molecule has 3 atom stereocenters. The summed E-state index contributed by atoms with van der Waals surface area (Å²) in [7, 11) is 4.24. The first-order valence-corrected chi connectivity index (χ1v) is 10.6. The summed E-state index contributed by atoms with van der Waals surface area (Å²) in [5.41, 5.74) is 2.58. The number of halogens is 1. The molecule has 1 aromatic carbocycles. The number of likely N-dealkylation sites (N-methyl/N-ethyl adjacent to an activating group) is 1. The van der Waals surface area contributed by atoms with Crippen molar-refractivity contribution in [1.82, 2.24) is 15.1 Å². The van der Waals surface area contributed by atoms with Crippen LogP contribution in [0.4, 0.5) is 0 Å². The molecule has 0 spiro atoms. The van der Waals surface area contributed by atoms with Crippen molar-refractivity contribution in [3.05, 3.63) is 35.4 Å². The minimum Gasteiger partial charge on any atom is -0.375 e. The van der Waals surface area contributed by atoms with Crippen molar-refractivity contribution in [1.29, 1.82) is 0 Å². The molecule has 29 heavy (non-hydrogen) atoms. The van der Waals surface area contributed by atoms with Crippen LogP contribution in [0.1, 0.15) is 36.9 Å². The van der Waals surface area contributed by atoms with E-state index in [0.29, 0.717) is 0 Å². The predicted octanol–water partition coefficient (Wildman–Crippen LogP) is 3.06. The van der Waals surface area contributed by atoms with Crippen LogP contribution in [-0.2, 0) is 9.47 Å². The average Bonchev–Trinajstić information content (AvgIpc) is 3.23. The number of hydrogen-bond acceptors (Lipinski definition) is 4. The highest BCUT2D eigenvalue weighted by atomic mass is 127. The van der Waals surface area contributed by atoms with Crippen molar-refractivity contribution >= 4 is 29.9 Å². The lowest BCUT2D eigenvalue weighted by Crippen LogP contribution is -2.53. The van der Waals surface area contributed by atoms with Crippen LogP contribution in [0.15, 0.2) is 29.3 Å². The Hall–Kier alpha value is -0.900. The molecule has 0 amide bonds. The van der Waals surface area contributed by atoms with Gasteiger partial charge in [-0.1, -0.05) is 29.8 Å². The monoisotopic (exact) mass is 516 g/mol. The third kappa shape index (κ3) is 6.80. The third-order valence-electron chi connectivity index (χ3n) is 5.61. The summed E-state index contributed by atoms with van der Waals surface area (Å²) in [5.74, 6) is 0.979. The number of guanidine groups is 1. The van der Waals surface area contributed by atoms with E-state index < -0.39 is 0 Å². The lowest BCUT2D eigenvalue weighted by Gasteiger charge is -2.37. The van der Waals surface area contributed by atoms with Crippen LogP contribution in [-0.4, -0.2) is 81.5 Å². The Bertz CT molecular complexity index is 632. The number of morpholine rings is 1. The van der Waals surface area contributed by atoms with Crippen molar-refractivity contribution < 1.29 is 9.47 Å². The van der Waals surface area contributed by atoms with Crippen molar-refractivity contribution in [2.24, 2.45) is 4.99 Å². The van der Waals surface area contributed by atoms with Crippen molar-refractivity contribution in [3.8, 4) is 0 Å². The van der Waals surface area contributed by atoms with Crippen LogP contribution in [0.25, 0.3) is 0 Å². The van der Waals surface area contributed by atoms with E-state index in [4.69, 9.17) is 14.5 Å². The molecule has 1 aromatic rings. The van der Waals surface area contributed by atoms with E-state index in [9.17, 15) is 0 Å². The fourth-order valence-electron chi connectivity index (χ4n) is 3.94. The fourth-order valence-corrected chi connectivity index (χ4v) is 3.94. The molecule has 3 rings (SSSR count).